The fourth-order valence-corrected chi connectivity index (χ4v) is 0.0833. The van der Waals surface area contributed by atoms with Crippen molar-refractivity contribution in [3.8, 4) is 0 Å². The molecule has 2 nitrogen and oxygen atoms in total. The third-order valence-corrected chi connectivity index (χ3v) is 0.368. The van der Waals surface area contributed by atoms with Crippen molar-refractivity contribution in [1.82, 2.24) is 0 Å². The molecule has 38 valence electrons. The zero-order valence-corrected chi connectivity index (χ0v) is 8.75. The fraction of sp³-hybridized carbons (Fsp3) is 0.250. The van der Waals surface area contributed by atoms with E-state index < -0.39 is 5.97 Å². The second kappa shape index (κ2) is 6.78. The van der Waals surface area contributed by atoms with Crippen LogP contribution in [0.4, 0.5) is 0 Å². The van der Waals surface area contributed by atoms with Gasteiger partial charge >= 0.3 is 54.9 Å². The second-order valence-electron chi connectivity index (χ2n) is 0.727. The van der Waals surface area contributed by atoms with E-state index in [9.17, 15) is 4.79 Å². The predicted molar refractivity (Wildman–Crippen MR) is 30.2 cm³/mol. The Morgan fingerprint density at radius 3 is 2.43 bits per heavy atom. The van der Waals surface area contributed by atoms with Crippen LogP contribution in [0.1, 0.15) is 2.85 Å². The average Bonchev–Trinajstić information content (AvgIpc) is 1.65. The molecular weight excluding hydrogens is 217 g/mol. The van der Waals surface area contributed by atoms with E-state index in [1.54, 1.807) is 0 Å². The molecule has 7 heavy (non-hydrogen) atoms. The minimum atomic E-state index is -0.394. The maximum atomic E-state index is 9.84. The first-order valence-electron chi connectivity index (χ1n) is 1.51. The minimum absolute atomic E-state index is 0. The van der Waals surface area contributed by atoms with E-state index in [0.29, 0.717) is 0 Å². The van der Waals surface area contributed by atoms with E-state index in [1.807, 2.05) is 0 Å². The van der Waals surface area contributed by atoms with Crippen LogP contribution in [-0.4, -0.2) is 62.0 Å². The summed E-state index contributed by atoms with van der Waals surface area (Å²) in [5.41, 5.74) is 0. The largest absolute Gasteiger partial charge is 2.00 e. The molecule has 0 N–H and O–H groups in total. The monoisotopic (exact) mass is 226 g/mol. The van der Waals surface area contributed by atoms with Gasteiger partial charge in [0.25, 0.3) is 0 Å². The van der Waals surface area contributed by atoms with Crippen LogP contribution in [-0.2, 0) is 9.53 Å². The zero-order chi connectivity index (χ0) is 4.99. The van der Waals surface area contributed by atoms with Gasteiger partial charge in [0, 0.05) is 6.08 Å². The van der Waals surface area contributed by atoms with Crippen LogP contribution >= 0.6 is 0 Å². The quantitative estimate of drug-likeness (QED) is 0.362. The number of esters is 1. The van der Waals surface area contributed by atoms with Gasteiger partial charge in [-0.3, -0.25) is 0 Å². The van der Waals surface area contributed by atoms with Crippen molar-refractivity contribution in [2.24, 2.45) is 0 Å². The minimum Gasteiger partial charge on any atom is -1.00 e. The molecule has 0 aromatic rings. The molecule has 0 unspecified atom stereocenters. The number of carbonyl (C=O) groups is 1. The Bertz CT molecular complexity index is 77.0. The van der Waals surface area contributed by atoms with Gasteiger partial charge in [-0.15, -0.1) is 0 Å². The molecular formula is C4H8BaO2. The number of hydrogen-bond donors (Lipinski definition) is 0. The Morgan fingerprint density at radius 1 is 2.00 bits per heavy atom. The third kappa shape index (κ3) is 6.78. The van der Waals surface area contributed by atoms with Gasteiger partial charge in [0.15, 0.2) is 0 Å². The van der Waals surface area contributed by atoms with Gasteiger partial charge < -0.3 is 7.59 Å². The number of ether oxygens (including phenoxy) is 1. The summed E-state index contributed by atoms with van der Waals surface area (Å²) in [6.07, 6.45) is 1.11. The average molecular weight is 225 g/mol. The summed E-state index contributed by atoms with van der Waals surface area (Å²) in [4.78, 5) is 9.84. The maximum Gasteiger partial charge on any atom is 2.00 e. The second-order valence-corrected chi connectivity index (χ2v) is 0.727. The molecule has 0 heterocycles. The molecule has 0 spiro atoms. The summed E-state index contributed by atoms with van der Waals surface area (Å²) < 4.78 is 4.14. The number of carbonyl (C=O) groups excluding carboxylic acids is 1. The van der Waals surface area contributed by atoms with E-state index in [2.05, 4.69) is 11.3 Å². The summed E-state index contributed by atoms with van der Waals surface area (Å²) in [7, 11) is 1.31. The normalized spacial score (nSPS) is 5.86. The van der Waals surface area contributed by atoms with E-state index in [-0.39, 0.29) is 51.7 Å². The first kappa shape index (κ1) is 10.7. The Labute approximate surface area is 86.0 Å². The summed E-state index contributed by atoms with van der Waals surface area (Å²) in [6.45, 7) is 3.16. The van der Waals surface area contributed by atoms with Crippen molar-refractivity contribution < 1.29 is 12.4 Å². The summed E-state index contributed by atoms with van der Waals surface area (Å²) in [5, 5.41) is 0. The van der Waals surface area contributed by atoms with Gasteiger partial charge in [0.05, 0.1) is 7.11 Å². The van der Waals surface area contributed by atoms with Crippen molar-refractivity contribution in [2.75, 3.05) is 7.11 Å². The molecule has 0 aliphatic rings. The molecule has 0 saturated carbocycles. The van der Waals surface area contributed by atoms with Gasteiger partial charge in [-0.1, -0.05) is 6.58 Å². The third-order valence-electron chi connectivity index (χ3n) is 0.368. The predicted octanol–water partition coefficient (Wildman–Crippen LogP) is 0.190. The van der Waals surface area contributed by atoms with Crippen molar-refractivity contribution in [2.45, 2.75) is 0 Å². The van der Waals surface area contributed by atoms with Gasteiger partial charge in [0.1, 0.15) is 0 Å². The summed E-state index contributed by atoms with van der Waals surface area (Å²) >= 11 is 0. The maximum absolute atomic E-state index is 9.84. The molecule has 0 fully saturated rings. The molecule has 0 aliphatic carbocycles. The van der Waals surface area contributed by atoms with Crippen LogP contribution in [0.2, 0.25) is 0 Å². The molecule has 3 heteroatoms. The SMILES string of the molecule is C=CC(=O)OC.[Ba+2].[H-].[H-]. The van der Waals surface area contributed by atoms with Crippen LogP contribution in [0.3, 0.4) is 0 Å². The molecule has 0 radical (unpaired) electrons. The number of rotatable bonds is 1. The number of hydrogen-bond acceptors (Lipinski definition) is 2. The first-order valence-corrected chi connectivity index (χ1v) is 1.51. The molecule has 0 saturated heterocycles. The zero-order valence-electron chi connectivity index (χ0n) is 6.31. The van der Waals surface area contributed by atoms with Gasteiger partial charge in [0.2, 0.25) is 0 Å². The Hall–Kier alpha value is 0.781. The van der Waals surface area contributed by atoms with E-state index in [4.69, 9.17) is 0 Å². The van der Waals surface area contributed by atoms with Gasteiger partial charge in [-0.25, -0.2) is 4.79 Å². The van der Waals surface area contributed by atoms with Crippen molar-refractivity contribution in [3.63, 3.8) is 0 Å². The Kier molecular flexibility index (Phi) is 10.4. The van der Waals surface area contributed by atoms with Crippen molar-refractivity contribution in [3.05, 3.63) is 12.7 Å². The molecule has 0 aromatic carbocycles. The summed E-state index contributed by atoms with van der Waals surface area (Å²) in [6, 6.07) is 0. The fourth-order valence-electron chi connectivity index (χ4n) is 0.0833. The molecule has 0 amide bonds. The van der Waals surface area contributed by atoms with Gasteiger partial charge in [-0.05, 0) is 0 Å². The van der Waals surface area contributed by atoms with Crippen LogP contribution < -0.4 is 0 Å². The van der Waals surface area contributed by atoms with Crippen LogP contribution in [0, 0.1) is 0 Å². The van der Waals surface area contributed by atoms with E-state index in [0.717, 1.165) is 6.08 Å². The molecule has 0 aliphatic heterocycles. The molecule has 0 aromatic heterocycles. The number of methoxy groups -OCH3 is 1. The van der Waals surface area contributed by atoms with Crippen LogP contribution in [0.5, 0.6) is 0 Å². The Morgan fingerprint density at radius 2 is 2.43 bits per heavy atom. The van der Waals surface area contributed by atoms with Crippen LogP contribution in [0.25, 0.3) is 0 Å². The molecule has 0 atom stereocenters. The summed E-state index contributed by atoms with van der Waals surface area (Å²) in [5.74, 6) is -0.394. The topological polar surface area (TPSA) is 26.3 Å². The first-order chi connectivity index (χ1) is 2.81. The van der Waals surface area contributed by atoms with Crippen molar-refractivity contribution in [1.29, 1.82) is 0 Å². The van der Waals surface area contributed by atoms with Crippen LogP contribution in [0.15, 0.2) is 12.7 Å². The van der Waals surface area contributed by atoms with Crippen molar-refractivity contribution >= 4 is 54.9 Å². The standard InChI is InChI=1S/C4H6O2.Ba.2H/c1-3-4(5)6-2;;;/h3H,1H2,2H3;;;/q;+2;2*-1. The Balaban J connectivity index is -0.0000000417. The van der Waals surface area contributed by atoms with E-state index >= 15 is 0 Å². The molecule has 0 bridgehead atoms. The molecule has 0 rings (SSSR count). The van der Waals surface area contributed by atoms with E-state index in [1.165, 1.54) is 7.11 Å². The van der Waals surface area contributed by atoms with Gasteiger partial charge in [-0.2, -0.15) is 0 Å². The smallest absolute Gasteiger partial charge is 1.00 e.